The van der Waals surface area contributed by atoms with Crippen molar-refractivity contribution in [1.29, 1.82) is 0 Å². The monoisotopic (exact) mass is 498 g/mol. The highest BCUT2D eigenvalue weighted by Gasteiger charge is 2.19. The van der Waals surface area contributed by atoms with Crippen LogP contribution in [0.1, 0.15) is 15.2 Å². The molecule has 9 heteroatoms. The molecule has 0 bridgehead atoms. The number of benzene rings is 2. The van der Waals surface area contributed by atoms with Crippen molar-refractivity contribution in [2.45, 2.75) is 11.4 Å². The number of carbonyl (C=O) groups is 1. The van der Waals surface area contributed by atoms with Crippen molar-refractivity contribution in [3.8, 4) is 0 Å². The molecule has 0 atom stereocenters. The number of nitrogens with zero attached hydrogens (tertiary/aromatic N) is 1. The molecule has 1 heterocycles. The Kier molecular flexibility index (Phi) is 6.44. The number of sulfonamides is 1. The summed E-state index contributed by atoms with van der Waals surface area (Å²) < 4.78 is 28.8. The first-order chi connectivity index (χ1) is 13.3. The van der Waals surface area contributed by atoms with Crippen molar-refractivity contribution in [2.24, 2.45) is 0 Å². The normalized spacial score (nSPS) is 11.2. The highest BCUT2D eigenvalue weighted by atomic mass is 79.9. The van der Waals surface area contributed by atoms with E-state index in [1.54, 1.807) is 59.7 Å². The summed E-state index contributed by atoms with van der Waals surface area (Å²) in [5, 5.41) is 0.292. The molecular formula is C19H16BrClN2O3S2. The zero-order chi connectivity index (χ0) is 20.3. The molecule has 0 saturated carbocycles. The maximum atomic E-state index is 12.7. The van der Waals surface area contributed by atoms with Crippen LogP contribution in [0.25, 0.3) is 0 Å². The standard InChI is InChI=1S/C19H16BrClN2O3S2/c1-23(12-14-9-10-18(20)27-14)19(24)13-5-4-6-15(11-13)28(25,26)22-17-8-3-2-7-16(17)21/h2-11,22H,12H2,1H3. The Balaban J connectivity index is 1.81. The molecule has 3 rings (SSSR count). The highest BCUT2D eigenvalue weighted by molar-refractivity contribution is 9.11. The Morgan fingerprint density at radius 1 is 1.14 bits per heavy atom. The molecule has 28 heavy (non-hydrogen) atoms. The summed E-state index contributed by atoms with van der Waals surface area (Å²) in [5.41, 5.74) is 0.571. The molecule has 1 aromatic heterocycles. The second-order valence-electron chi connectivity index (χ2n) is 5.98. The van der Waals surface area contributed by atoms with E-state index in [4.69, 9.17) is 11.6 Å². The Bertz CT molecular complexity index is 1120. The number of nitrogens with one attached hydrogen (secondary N) is 1. The molecule has 0 aliphatic heterocycles. The van der Waals surface area contributed by atoms with Crippen molar-refractivity contribution >= 4 is 60.5 Å². The third kappa shape index (κ3) is 4.94. The van der Waals surface area contributed by atoms with E-state index < -0.39 is 10.0 Å². The van der Waals surface area contributed by atoms with Crippen LogP contribution in [0.2, 0.25) is 5.02 Å². The number of halogens is 2. The van der Waals surface area contributed by atoms with Crippen LogP contribution in [-0.4, -0.2) is 26.3 Å². The number of thiophene rings is 1. The average Bonchev–Trinajstić information content (AvgIpc) is 3.07. The SMILES string of the molecule is CN(Cc1ccc(Br)s1)C(=O)c1cccc(S(=O)(=O)Nc2ccccc2Cl)c1. The first-order valence-corrected chi connectivity index (χ1v) is 11.6. The summed E-state index contributed by atoms with van der Waals surface area (Å²) >= 11 is 11.0. The van der Waals surface area contributed by atoms with E-state index in [1.165, 1.54) is 12.1 Å². The van der Waals surface area contributed by atoms with E-state index in [-0.39, 0.29) is 16.5 Å². The number of para-hydroxylation sites is 1. The van der Waals surface area contributed by atoms with Crippen molar-refractivity contribution in [2.75, 3.05) is 11.8 Å². The Hall–Kier alpha value is -1.87. The third-order valence-corrected chi connectivity index (χ3v) is 7.18. The highest BCUT2D eigenvalue weighted by Crippen LogP contribution is 2.25. The smallest absolute Gasteiger partial charge is 0.261 e. The van der Waals surface area contributed by atoms with Gasteiger partial charge in [0, 0.05) is 17.5 Å². The van der Waals surface area contributed by atoms with Crippen LogP contribution in [-0.2, 0) is 16.6 Å². The molecular weight excluding hydrogens is 484 g/mol. The van der Waals surface area contributed by atoms with E-state index in [0.29, 0.717) is 17.1 Å². The minimum Gasteiger partial charge on any atom is -0.337 e. The Morgan fingerprint density at radius 2 is 1.89 bits per heavy atom. The molecule has 146 valence electrons. The minimum atomic E-state index is -3.88. The van der Waals surface area contributed by atoms with Gasteiger partial charge < -0.3 is 4.90 Å². The summed E-state index contributed by atoms with van der Waals surface area (Å²) in [6.45, 7) is 0.434. The number of amides is 1. The van der Waals surface area contributed by atoms with Crippen molar-refractivity contribution in [1.82, 2.24) is 4.90 Å². The lowest BCUT2D eigenvalue weighted by Crippen LogP contribution is -2.26. The molecule has 0 radical (unpaired) electrons. The molecule has 0 aliphatic carbocycles. The molecule has 0 spiro atoms. The van der Waals surface area contributed by atoms with Gasteiger partial charge in [-0.1, -0.05) is 29.8 Å². The number of carbonyl (C=O) groups excluding carboxylic acids is 1. The minimum absolute atomic E-state index is 0.00876. The fourth-order valence-corrected chi connectivity index (χ4v) is 5.41. The van der Waals surface area contributed by atoms with Crippen molar-refractivity contribution in [3.05, 3.63) is 79.9 Å². The van der Waals surface area contributed by atoms with Gasteiger partial charge in [0.25, 0.3) is 15.9 Å². The molecule has 1 N–H and O–H groups in total. The van der Waals surface area contributed by atoms with E-state index in [9.17, 15) is 13.2 Å². The van der Waals surface area contributed by atoms with Crippen molar-refractivity contribution in [3.63, 3.8) is 0 Å². The second-order valence-corrected chi connectivity index (χ2v) is 10.6. The summed E-state index contributed by atoms with van der Waals surface area (Å²) in [4.78, 5) is 15.3. The van der Waals surface area contributed by atoms with E-state index in [0.717, 1.165) is 8.66 Å². The van der Waals surface area contributed by atoms with Crippen LogP contribution in [0.4, 0.5) is 5.69 Å². The Morgan fingerprint density at radius 3 is 2.57 bits per heavy atom. The number of hydrogen-bond acceptors (Lipinski definition) is 4. The predicted octanol–water partition coefficient (Wildman–Crippen LogP) is 5.24. The fraction of sp³-hybridized carbons (Fsp3) is 0.105. The van der Waals surface area contributed by atoms with Gasteiger partial charge in [0.2, 0.25) is 0 Å². The lowest BCUT2D eigenvalue weighted by atomic mass is 10.2. The molecule has 5 nitrogen and oxygen atoms in total. The van der Waals surface area contributed by atoms with Gasteiger partial charge in [0.05, 0.1) is 25.9 Å². The zero-order valence-corrected chi connectivity index (χ0v) is 18.7. The molecule has 0 aliphatic rings. The Labute approximate surface area is 181 Å². The van der Waals surface area contributed by atoms with Crippen LogP contribution < -0.4 is 4.72 Å². The molecule has 0 saturated heterocycles. The molecule has 0 fully saturated rings. The number of rotatable bonds is 6. The summed E-state index contributed by atoms with van der Waals surface area (Å²) in [6.07, 6.45) is 0. The van der Waals surface area contributed by atoms with Gasteiger partial charge >= 0.3 is 0 Å². The van der Waals surface area contributed by atoms with Crippen molar-refractivity contribution < 1.29 is 13.2 Å². The molecule has 1 amide bonds. The average molecular weight is 500 g/mol. The molecule has 3 aromatic rings. The quantitative estimate of drug-likeness (QED) is 0.504. The zero-order valence-electron chi connectivity index (χ0n) is 14.7. The van der Waals surface area contributed by atoms with Gasteiger partial charge in [0.15, 0.2) is 0 Å². The maximum absolute atomic E-state index is 12.7. The first-order valence-electron chi connectivity index (χ1n) is 8.13. The maximum Gasteiger partial charge on any atom is 0.261 e. The van der Waals surface area contributed by atoms with Gasteiger partial charge in [-0.2, -0.15) is 0 Å². The first kappa shape index (κ1) is 20.9. The fourth-order valence-electron chi connectivity index (χ4n) is 2.51. The second kappa shape index (κ2) is 8.65. The van der Waals surface area contributed by atoms with Gasteiger partial charge in [-0.3, -0.25) is 9.52 Å². The lowest BCUT2D eigenvalue weighted by molar-refractivity contribution is 0.0786. The van der Waals surface area contributed by atoms with E-state index >= 15 is 0 Å². The lowest BCUT2D eigenvalue weighted by Gasteiger charge is -2.17. The van der Waals surface area contributed by atoms with Crippen LogP contribution in [0.5, 0.6) is 0 Å². The third-order valence-electron chi connectivity index (χ3n) is 3.88. The van der Waals surface area contributed by atoms with Gasteiger partial charge in [-0.25, -0.2) is 8.42 Å². The van der Waals surface area contributed by atoms with E-state index in [1.807, 2.05) is 12.1 Å². The van der Waals surface area contributed by atoms with E-state index in [2.05, 4.69) is 20.7 Å². The molecule has 2 aromatic carbocycles. The van der Waals surface area contributed by atoms with Crippen LogP contribution >= 0.6 is 38.9 Å². The van der Waals surface area contributed by atoms with Gasteiger partial charge in [-0.15, -0.1) is 11.3 Å². The predicted molar refractivity (Wildman–Crippen MR) is 117 cm³/mol. The molecule has 0 unspecified atom stereocenters. The topological polar surface area (TPSA) is 66.5 Å². The number of anilines is 1. The van der Waals surface area contributed by atoms with Gasteiger partial charge in [-0.05, 0) is 58.4 Å². The van der Waals surface area contributed by atoms with Crippen LogP contribution in [0.3, 0.4) is 0 Å². The summed E-state index contributed by atoms with van der Waals surface area (Å²) in [7, 11) is -2.20. The van der Waals surface area contributed by atoms with Crippen LogP contribution in [0, 0.1) is 0 Å². The largest absolute Gasteiger partial charge is 0.337 e. The van der Waals surface area contributed by atoms with Crippen LogP contribution in [0.15, 0.2) is 69.3 Å². The number of hydrogen-bond donors (Lipinski definition) is 1. The van der Waals surface area contributed by atoms with Gasteiger partial charge in [0.1, 0.15) is 0 Å². The summed E-state index contributed by atoms with van der Waals surface area (Å²) in [5.74, 6) is -0.265. The summed E-state index contributed by atoms with van der Waals surface area (Å²) in [6, 6.07) is 16.4.